The van der Waals surface area contributed by atoms with Crippen LogP contribution in [0.3, 0.4) is 0 Å². The monoisotopic (exact) mass is 206 g/mol. The van der Waals surface area contributed by atoms with Gasteiger partial charge in [-0.1, -0.05) is 30.3 Å². The van der Waals surface area contributed by atoms with Crippen molar-refractivity contribution >= 4 is 11.9 Å². The first-order valence-corrected chi connectivity index (χ1v) is 4.98. The molecule has 0 atom stereocenters. The van der Waals surface area contributed by atoms with Crippen molar-refractivity contribution in [3.63, 3.8) is 0 Å². The Hall–Kier alpha value is -2.40. The number of aliphatic imine (C=N–C) groups is 1. The molecule has 0 spiro atoms. The topological polar surface area (TPSA) is 36.1 Å². The third-order valence-corrected chi connectivity index (χ3v) is 2.16. The van der Waals surface area contributed by atoms with E-state index in [9.17, 15) is 0 Å². The fourth-order valence-corrected chi connectivity index (χ4v) is 1.31. The van der Waals surface area contributed by atoms with Crippen LogP contribution in [-0.4, -0.2) is 6.21 Å². The van der Waals surface area contributed by atoms with Gasteiger partial charge in [-0.05, 0) is 29.8 Å². The van der Waals surface area contributed by atoms with Crippen LogP contribution in [0, 0.1) is 11.3 Å². The van der Waals surface area contributed by atoms with E-state index < -0.39 is 0 Å². The van der Waals surface area contributed by atoms with E-state index in [2.05, 4.69) is 11.1 Å². The molecule has 2 rings (SSSR count). The van der Waals surface area contributed by atoms with Crippen LogP contribution in [0.15, 0.2) is 59.6 Å². The summed E-state index contributed by atoms with van der Waals surface area (Å²) in [6.45, 7) is 0. The third kappa shape index (κ3) is 2.55. The van der Waals surface area contributed by atoms with Crippen molar-refractivity contribution in [3.05, 3.63) is 65.7 Å². The molecule has 0 unspecified atom stereocenters. The molecule has 2 aromatic carbocycles. The molecule has 0 heterocycles. The van der Waals surface area contributed by atoms with Gasteiger partial charge in [-0.15, -0.1) is 0 Å². The van der Waals surface area contributed by atoms with Gasteiger partial charge in [0.1, 0.15) is 0 Å². The standard InChI is InChI=1S/C14H10N2/c15-10-12-6-8-14(9-7-12)16-11-13-4-2-1-3-5-13/h1-9,11H. The minimum Gasteiger partial charge on any atom is -0.256 e. The molecule has 0 radical (unpaired) electrons. The van der Waals surface area contributed by atoms with Gasteiger partial charge in [0.25, 0.3) is 0 Å². The molecular weight excluding hydrogens is 196 g/mol. The number of nitrogens with zero attached hydrogens (tertiary/aromatic N) is 2. The Morgan fingerprint density at radius 3 is 2.25 bits per heavy atom. The van der Waals surface area contributed by atoms with Crippen LogP contribution in [0.2, 0.25) is 0 Å². The molecule has 0 N–H and O–H groups in total. The minimum atomic E-state index is 0.652. The van der Waals surface area contributed by atoms with Crippen molar-refractivity contribution in [1.82, 2.24) is 0 Å². The van der Waals surface area contributed by atoms with Gasteiger partial charge in [0, 0.05) is 6.21 Å². The van der Waals surface area contributed by atoms with Gasteiger partial charge in [-0.25, -0.2) is 0 Å². The Kier molecular flexibility index (Phi) is 3.10. The summed E-state index contributed by atoms with van der Waals surface area (Å²) in [5.41, 5.74) is 2.56. The van der Waals surface area contributed by atoms with E-state index in [-0.39, 0.29) is 0 Å². The Bertz CT molecular complexity index is 519. The van der Waals surface area contributed by atoms with Crippen molar-refractivity contribution in [1.29, 1.82) is 5.26 Å². The van der Waals surface area contributed by atoms with Gasteiger partial charge in [-0.3, -0.25) is 4.99 Å². The van der Waals surface area contributed by atoms with E-state index in [0.717, 1.165) is 11.3 Å². The number of benzene rings is 2. The minimum absolute atomic E-state index is 0.652. The summed E-state index contributed by atoms with van der Waals surface area (Å²) in [6, 6.07) is 19.2. The zero-order valence-electron chi connectivity index (χ0n) is 8.67. The first-order valence-electron chi connectivity index (χ1n) is 4.98. The molecule has 0 aromatic heterocycles. The highest BCUT2D eigenvalue weighted by molar-refractivity contribution is 5.81. The Labute approximate surface area is 94.5 Å². The van der Waals surface area contributed by atoms with Crippen molar-refractivity contribution in [2.24, 2.45) is 4.99 Å². The van der Waals surface area contributed by atoms with Crippen molar-refractivity contribution in [2.75, 3.05) is 0 Å². The number of hydrogen-bond acceptors (Lipinski definition) is 2. The fourth-order valence-electron chi connectivity index (χ4n) is 1.31. The molecule has 0 saturated carbocycles. The van der Waals surface area contributed by atoms with E-state index in [4.69, 9.17) is 5.26 Å². The summed E-state index contributed by atoms with van der Waals surface area (Å²) >= 11 is 0. The van der Waals surface area contributed by atoms with E-state index in [1.165, 1.54) is 0 Å². The van der Waals surface area contributed by atoms with Crippen LogP contribution in [0.25, 0.3) is 0 Å². The van der Waals surface area contributed by atoms with Crippen LogP contribution < -0.4 is 0 Å². The summed E-state index contributed by atoms with van der Waals surface area (Å²) in [7, 11) is 0. The van der Waals surface area contributed by atoms with Gasteiger partial charge in [-0.2, -0.15) is 5.26 Å². The molecule has 0 aliphatic rings. The molecule has 0 amide bonds. The molecule has 2 nitrogen and oxygen atoms in total. The summed E-state index contributed by atoms with van der Waals surface area (Å²) < 4.78 is 0. The van der Waals surface area contributed by atoms with E-state index in [1.807, 2.05) is 42.5 Å². The first kappa shape index (κ1) is 10.1. The number of hydrogen-bond donors (Lipinski definition) is 0. The van der Waals surface area contributed by atoms with Gasteiger partial charge >= 0.3 is 0 Å². The van der Waals surface area contributed by atoms with Gasteiger partial charge in [0.05, 0.1) is 17.3 Å². The zero-order chi connectivity index (χ0) is 11.2. The smallest absolute Gasteiger partial charge is 0.0991 e. The lowest BCUT2D eigenvalue weighted by molar-refractivity contribution is 1.46. The van der Waals surface area contributed by atoms with Crippen LogP contribution >= 0.6 is 0 Å². The molecule has 0 bridgehead atoms. The second-order valence-corrected chi connectivity index (χ2v) is 3.33. The molecule has 2 aromatic rings. The van der Waals surface area contributed by atoms with Crippen LogP contribution in [0.1, 0.15) is 11.1 Å². The van der Waals surface area contributed by atoms with E-state index in [1.54, 1.807) is 18.3 Å². The van der Waals surface area contributed by atoms with E-state index >= 15 is 0 Å². The summed E-state index contributed by atoms with van der Waals surface area (Å²) in [5, 5.41) is 8.65. The predicted molar refractivity (Wildman–Crippen MR) is 64.9 cm³/mol. The molecule has 0 saturated heterocycles. The maximum Gasteiger partial charge on any atom is 0.0991 e. The highest BCUT2D eigenvalue weighted by atomic mass is 14.7. The Morgan fingerprint density at radius 2 is 1.62 bits per heavy atom. The summed E-state index contributed by atoms with van der Waals surface area (Å²) in [4.78, 5) is 4.32. The summed E-state index contributed by atoms with van der Waals surface area (Å²) in [5.74, 6) is 0. The predicted octanol–water partition coefficient (Wildman–Crippen LogP) is 3.31. The van der Waals surface area contributed by atoms with Gasteiger partial charge in [0.15, 0.2) is 0 Å². The third-order valence-electron chi connectivity index (χ3n) is 2.16. The highest BCUT2D eigenvalue weighted by Gasteiger charge is 1.90. The largest absolute Gasteiger partial charge is 0.256 e. The lowest BCUT2D eigenvalue weighted by Crippen LogP contribution is -1.78. The molecule has 76 valence electrons. The molecule has 0 fully saturated rings. The second kappa shape index (κ2) is 4.90. The van der Waals surface area contributed by atoms with Gasteiger partial charge in [0.2, 0.25) is 0 Å². The number of nitriles is 1. The summed E-state index contributed by atoms with van der Waals surface area (Å²) in [6.07, 6.45) is 1.81. The van der Waals surface area contributed by atoms with Crippen LogP contribution in [0.4, 0.5) is 5.69 Å². The van der Waals surface area contributed by atoms with Crippen molar-refractivity contribution in [3.8, 4) is 6.07 Å². The fraction of sp³-hybridized carbons (Fsp3) is 0. The second-order valence-electron chi connectivity index (χ2n) is 3.33. The average Bonchev–Trinajstić information content (AvgIpc) is 2.38. The normalized spacial score (nSPS) is 10.2. The highest BCUT2D eigenvalue weighted by Crippen LogP contribution is 2.12. The van der Waals surface area contributed by atoms with Crippen molar-refractivity contribution < 1.29 is 0 Å². The molecule has 2 heteroatoms. The quantitative estimate of drug-likeness (QED) is 0.694. The Balaban J connectivity index is 2.15. The zero-order valence-corrected chi connectivity index (χ0v) is 8.67. The maximum absolute atomic E-state index is 8.65. The van der Waals surface area contributed by atoms with Crippen LogP contribution in [0.5, 0.6) is 0 Å². The SMILES string of the molecule is N#Cc1ccc(N=Cc2ccccc2)cc1. The number of rotatable bonds is 2. The maximum atomic E-state index is 8.65. The molecule has 0 aliphatic heterocycles. The molecular formula is C14H10N2. The Morgan fingerprint density at radius 1 is 0.938 bits per heavy atom. The molecule has 16 heavy (non-hydrogen) atoms. The van der Waals surface area contributed by atoms with E-state index in [0.29, 0.717) is 5.56 Å². The van der Waals surface area contributed by atoms with Crippen LogP contribution in [-0.2, 0) is 0 Å². The van der Waals surface area contributed by atoms with Crippen molar-refractivity contribution in [2.45, 2.75) is 0 Å². The average molecular weight is 206 g/mol. The molecule has 0 aliphatic carbocycles. The lowest BCUT2D eigenvalue weighted by atomic mass is 10.2. The lowest BCUT2D eigenvalue weighted by Gasteiger charge is -1.94. The first-order chi connectivity index (χ1) is 7.88. The van der Waals surface area contributed by atoms with Gasteiger partial charge < -0.3 is 0 Å².